The molecule has 2 aliphatic heterocycles. The Morgan fingerprint density at radius 3 is 2.39 bits per heavy atom. The molecule has 23 heavy (non-hydrogen) atoms. The van der Waals surface area contributed by atoms with Gasteiger partial charge >= 0.3 is 0 Å². The largest absolute Gasteiger partial charge is 0.490 e. The summed E-state index contributed by atoms with van der Waals surface area (Å²) < 4.78 is 6.25. The van der Waals surface area contributed by atoms with E-state index in [1.807, 2.05) is 30.3 Å². The van der Waals surface area contributed by atoms with E-state index in [0.717, 1.165) is 29.7 Å². The number of rotatable bonds is 3. The lowest BCUT2D eigenvalue weighted by Gasteiger charge is -2.29. The molecule has 0 saturated carbocycles. The van der Waals surface area contributed by atoms with Gasteiger partial charge in [0.25, 0.3) is 0 Å². The summed E-state index contributed by atoms with van der Waals surface area (Å²) in [4.78, 5) is 0. The molecule has 0 amide bonds. The molecule has 4 rings (SSSR count). The third kappa shape index (κ3) is 3.09. The van der Waals surface area contributed by atoms with Crippen molar-refractivity contribution in [2.24, 2.45) is 0 Å². The summed E-state index contributed by atoms with van der Waals surface area (Å²) in [5.74, 6) is 0.814. The number of piperidine rings is 1. The first kappa shape index (κ1) is 14.3. The van der Waals surface area contributed by atoms with Crippen molar-refractivity contribution >= 4 is 0 Å². The van der Waals surface area contributed by atoms with Crippen molar-refractivity contribution in [3.63, 3.8) is 0 Å². The average Bonchev–Trinajstić information content (AvgIpc) is 2.94. The fourth-order valence-corrected chi connectivity index (χ4v) is 3.82. The molecule has 3 heteroatoms. The highest BCUT2D eigenvalue weighted by Gasteiger charge is 2.34. The zero-order chi connectivity index (χ0) is 15.6. The van der Waals surface area contributed by atoms with Crippen molar-refractivity contribution < 1.29 is 4.74 Å². The zero-order valence-electron chi connectivity index (χ0n) is 13.0. The molecule has 1 N–H and O–H groups in total. The summed E-state index contributed by atoms with van der Waals surface area (Å²) in [6.07, 6.45) is 4.91. The van der Waals surface area contributed by atoms with E-state index in [1.165, 1.54) is 12.8 Å². The molecule has 2 saturated heterocycles. The number of fused-ring (bicyclic) bond motifs is 2. The highest BCUT2D eigenvalue weighted by molar-refractivity contribution is 5.67. The van der Waals surface area contributed by atoms with Gasteiger partial charge in [-0.3, -0.25) is 0 Å². The van der Waals surface area contributed by atoms with Crippen LogP contribution in [0.3, 0.4) is 0 Å². The molecule has 2 heterocycles. The number of nitriles is 1. The molecule has 0 aromatic heterocycles. The van der Waals surface area contributed by atoms with E-state index in [0.29, 0.717) is 17.6 Å². The molecule has 0 radical (unpaired) electrons. The molecule has 2 bridgehead atoms. The van der Waals surface area contributed by atoms with Crippen LogP contribution in [0.25, 0.3) is 11.1 Å². The maximum atomic E-state index is 9.32. The minimum absolute atomic E-state index is 0.256. The van der Waals surface area contributed by atoms with Gasteiger partial charge in [-0.05, 0) is 55.0 Å². The van der Waals surface area contributed by atoms with Gasteiger partial charge in [-0.25, -0.2) is 0 Å². The van der Waals surface area contributed by atoms with Crippen LogP contribution >= 0.6 is 0 Å². The van der Waals surface area contributed by atoms with Crippen LogP contribution < -0.4 is 10.1 Å². The number of benzene rings is 2. The predicted octanol–water partition coefficient (Wildman–Crippen LogP) is 3.89. The number of hydrogen-bond donors (Lipinski definition) is 1. The van der Waals surface area contributed by atoms with Crippen LogP contribution in [0, 0.1) is 11.3 Å². The summed E-state index contributed by atoms with van der Waals surface area (Å²) >= 11 is 0. The highest BCUT2D eigenvalue weighted by Crippen LogP contribution is 2.32. The van der Waals surface area contributed by atoms with Crippen molar-refractivity contribution in [1.82, 2.24) is 5.32 Å². The van der Waals surface area contributed by atoms with Gasteiger partial charge in [0, 0.05) is 12.1 Å². The third-order valence-electron chi connectivity index (χ3n) is 4.88. The van der Waals surface area contributed by atoms with Crippen molar-refractivity contribution in [2.75, 3.05) is 0 Å². The first-order valence-corrected chi connectivity index (χ1v) is 8.33. The van der Waals surface area contributed by atoms with E-state index in [1.54, 1.807) is 0 Å². The first-order chi connectivity index (χ1) is 11.3. The lowest BCUT2D eigenvalue weighted by atomic mass is 10.0. The Kier molecular flexibility index (Phi) is 3.77. The van der Waals surface area contributed by atoms with Crippen molar-refractivity contribution in [3.8, 4) is 22.9 Å². The lowest BCUT2D eigenvalue weighted by molar-refractivity contribution is 0.137. The summed E-state index contributed by atoms with van der Waals surface area (Å²) in [6.45, 7) is 0. The number of nitrogens with one attached hydrogen (secondary N) is 1. The minimum Gasteiger partial charge on any atom is -0.490 e. The van der Waals surface area contributed by atoms with Crippen molar-refractivity contribution in [3.05, 3.63) is 54.1 Å². The predicted molar refractivity (Wildman–Crippen MR) is 90.2 cm³/mol. The van der Waals surface area contributed by atoms with Gasteiger partial charge in [-0.2, -0.15) is 5.26 Å². The van der Waals surface area contributed by atoms with Gasteiger partial charge in [0.15, 0.2) is 0 Å². The van der Waals surface area contributed by atoms with E-state index in [2.05, 4.69) is 29.6 Å². The van der Waals surface area contributed by atoms with Gasteiger partial charge in [-0.1, -0.05) is 30.3 Å². The van der Waals surface area contributed by atoms with E-state index < -0.39 is 0 Å². The van der Waals surface area contributed by atoms with E-state index in [9.17, 15) is 5.26 Å². The standard InChI is InChI=1S/C20H20N2O/c21-13-14-8-16(15-4-2-1-3-5-15)10-19(9-14)23-20-11-17-6-7-18(12-20)22-17/h1-5,8-10,17-18,20,22H,6-7,11-12H2/t17-,18+,20-. The van der Waals surface area contributed by atoms with Gasteiger partial charge < -0.3 is 10.1 Å². The van der Waals surface area contributed by atoms with Crippen LogP contribution in [0.15, 0.2) is 48.5 Å². The van der Waals surface area contributed by atoms with Crippen molar-refractivity contribution in [1.29, 1.82) is 5.26 Å². The monoisotopic (exact) mass is 304 g/mol. The van der Waals surface area contributed by atoms with Gasteiger partial charge in [-0.15, -0.1) is 0 Å². The van der Waals surface area contributed by atoms with Crippen LogP contribution in [-0.4, -0.2) is 18.2 Å². The molecule has 2 aromatic carbocycles. The second kappa shape index (κ2) is 6.06. The van der Waals surface area contributed by atoms with Gasteiger partial charge in [0.2, 0.25) is 0 Å². The Morgan fingerprint density at radius 1 is 0.957 bits per heavy atom. The molecule has 2 fully saturated rings. The third-order valence-corrected chi connectivity index (χ3v) is 4.88. The maximum Gasteiger partial charge on any atom is 0.121 e. The number of nitrogens with zero attached hydrogens (tertiary/aromatic N) is 1. The molecule has 2 aromatic rings. The smallest absolute Gasteiger partial charge is 0.121 e. The normalized spacial score (nSPS) is 25.8. The molecular formula is C20H20N2O. The molecule has 0 aliphatic carbocycles. The Hall–Kier alpha value is -2.31. The second-order valence-corrected chi connectivity index (χ2v) is 6.57. The van der Waals surface area contributed by atoms with E-state index in [4.69, 9.17) is 4.74 Å². The summed E-state index contributed by atoms with van der Waals surface area (Å²) in [6, 6.07) is 19.4. The fourth-order valence-electron chi connectivity index (χ4n) is 3.82. The molecule has 0 spiro atoms. The minimum atomic E-state index is 0.256. The lowest BCUT2D eigenvalue weighted by Crippen LogP contribution is -2.42. The number of hydrogen-bond acceptors (Lipinski definition) is 3. The SMILES string of the molecule is N#Cc1cc(O[C@@H]2C[C@H]3CC[C@@H](C2)N3)cc(-c2ccccc2)c1. The maximum absolute atomic E-state index is 9.32. The molecule has 0 unspecified atom stereocenters. The van der Waals surface area contributed by atoms with Crippen LogP contribution in [0.4, 0.5) is 0 Å². The quantitative estimate of drug-likeness (QED) is 0.935. The first-order valence-electron chi connectivity index (χ1n) is 8.33. The second-order valence-electron chi connectivity index (χ2n) is 6.57. The van der Waals surface area contributed by atoms with Crippen molar-refractivity contribution in [2.45, 2.75) is 43.9 Å². The van der Waals surface area contributed by atoms with Gasteiger partial charge in [0.1, 0.15) is 11.9 Å². The fraction of sp³-hybridized carbons (Fsp3) is 0.350. The Morgan fingerprint density at radius 2 is 1.70 bits per heavy atom. The summed E-state index contributed by atoms with van der Waals surface area (Å²) in [7, 11) is 0. The Balaban J connectivity index is 1.60. The summed E-state index contributed by atoms with van der Waals surface area (Å²) in [5.41, 5.74) is 2.80. The van der Waals surface area contributed by atoms with Crippen LogP contribution in [0.5, 0.6) is 5.75 Å². The molecular weight excluding hydrogens is 284 g/mol. The Bertz CT molecular complexity index is 723. The van der Waals surface area contributed by atoms with Crippen LogP contribution in [-0.2, 0) is 0 Å². The van der Waals surface area contributed by atoms with E-state index in [-0.39, 0.29) is 6.10 Å². The molecule has 3 nitrogen and oxygen atoms in total. The molecule has 2 aliphatic rings. The topological polar surface area (TPSA) is 45.0 Å². The highest BCUT2D eigenvalue weighted by atomic mass is 16.5. The van der Waals surface area contributed by atoms with Crippen LogP contribution in [0.1, 0.15) is 31.2 Å². The zero-order valence-corrected chi connectivity index (χ0v) is 13.0. The number of ether oxygens (including phenoxy) is 1. The van der Waals surface area contributed by atoms with Gasteiger partial charge in [0.05, 0.1) is 11.6 Å². The van der Waals surface area contributed by atoms with E-state index >= 15 is 0 Å². The average molecular weight is 304 g/mol. The molecule has 3 atom stereocenters. The molecule has 116 valence electrons. The summed E-state index contributed by atoms with van der Waals surface area (Å²) in [5, 5.41) is 13.0. The van der Waals surface area contributed by atoms with Crippen LogP contribution in [0.2, 0.25) is 0 Å². The Labute approximate surface area is 136 Å².